The van der Waals surface area contributed by atoms with Gasteiger partial charge in [-0.15, -0.1) is 5.92 Å². The van der Waals surface area contributed by atoms with E-state index in [1.54, 1.807) is 0 Å². The molecule has 0 amide bonds. The summed E-state index contributed by atoms with van der Waals surface area (Å²) in [4.78, 5) is 0. The monoisotopic (exact) mass is 174 g/mol. The molecule has 0 saturated heterocycles. The highest BCUT2D eigenvalue weighted by Crippen LogP contribution is 1.97. The lowest BCUT2D eigenvalue weighted by molar-refractivity contribution is 1.09. The molecule has 0 aliphatic carbocycles. The van der Waals surface area contributed by atoms with Crippen LogP contribution in [0, 0.1) is 11.8 Å². The van der Waals surface area contributed by atoms with Gasteiger partial charge in [-0.2, -0.15) is 0 Å². The molecule has 0 unspecified atom stereocenters. The van der Waals surface area contributed by atoms with Crippen LogP contribution in [0.1, 0.15) is 32.8 Å². The average molecular weight is 174 g/mol. The molecule has 1 aromatic carbocycles. The first-order valence-corrected chi connectivity index (χ1v) is 4.78. The van der Waals surface area contributed by atoms with Crippen LogP contribution < -0.4 is 0 Å². The Morgan fingerprint density at radius 2 is 1.62 bits per heavy atom. The predicted molar refractivity (Wildman–Crippen MR) is 59.6 cm³/mol. The Labute approximate surface area is 82.0 Å². The molecule has 0 aromatic heterocycles. The van der Waals surface area contributed by atoms with Crippen molar-refractivity contribution in [2.24, 2.45) is 0 Å². The number of rotatable bonds is 1. The third kappa shape index (κ3) is 7.15. The van der Waals surface area contributed by atoms with Gasteiger partial charge in [-0.05, 0) is 12.5 Å². The standard InChI is InChI=1S/C10H10.C3H8/c1-2-3-7-10-8-5-4-6-9-10;1-3-2/h4-6,8-9H,7H2,1H3;3H2,1-2H3. The summed E-state index contributed by atoms with van der Waals surface area (Å²) in [6, 6.07) is 10.3. The first kappa shape index (κ1) is 11.8. The van der Waals surface area contributed by atoms with E-state index in [0.29, 0.717) is 0 Å². The smallest absolute Gasteiger partial charge is 0.0340 e. The maximum Gasteiger partial charge on any atom is 0.0340 e. The Bertz CT molecular complexity index is 248. The van der Waals surface area contributed by atoms with Gasteiger partial charge in [-0.3, -0.25) is 0 Å². The van der Waals surface area contributed by atoms with E-state index >= 15 is 0 Å². The van der Waals surface area contributed by atoms with E-state index in [-0.39, 0.29) is 0 Å². The fourth-order valence-corrected chi connectivity index (χ4v) is 0.786. The van der Waals surface area contributed by atoms with Crippen LogP contribution in [0.25, 0.3) is 0 Å². The number of hydrogen-bond acceptors (Lipinski definition) is 0. The van der Waals surface area contributed by atoms with Crippen molar-refractivity contribution in [3.63, 3.8) is 0 Å². The molecule has 0 heteroatoms. The van der Waals surface area contributed by atoms with Crippen molar-refractivity contribution in [1.29, 1.82) is 0 Å². The highest BCUT2D eigenvalue weighted by atomic mass is 13.9. The largest absolute Gasteiger partial charge is 0.106 e. The molecule has 0 fully saturated rings. The summed E-state index contributed by atoms with van der Waals surface area (Å²) in [5.74, 6) is 5.88. The average Bonchev–Trinajstić information content (AvgIpc) is 2.18. The van der Waals surface area contributed by atoms with Gasteiger partial charge in [0.2, 0.25) is 0 Å². The Hall–Kier alpha value is -1.22. The van der Waals surface area contributed by atoms with Crippen LogP contribution in [-0.4, -0.2) is 0 Å². The number of hydrogen-bond donors (Lipinski definition) is 0. The molecule has 0 spiro atoms. The van der Waals surface area contributed by atoms with Crippen molar-refractivity contribution in [3.8, 4) is 11.8 Å². The van der Waals surface area contributed by atoms with Gasteiger partial charge in [0, 0.05) is 6.42 Å². The highest BCUT2D eigenvalue weighted by molar-refractivity contribution is 5.20. The van der Waals surface area contributed by atoms with Crippen LogP contribution in [0.4, 0.5) is 0 Å². The highest BCUT2D eigenvalue weighted by Gasteiger charge is 1.83. The molecule has 0 radical (unpaired) electrons. The minimum absolute atomic E-state index is 0.872. The summed E-state index contributed by atoms with van der Waals surface area (Å²) in [6.07, 6.45) is 2.12. The Kier molecular flexibility index (Phi) is 8.04. The topological polar surface area (TPSA) is 0 Å². The quantitative estimate of drug-likeness (QED) is 0.570. The van der Waals surface area contributed by atoms with Gasteiger partial charge in [0.1, 0.15) is 0 Å². The molecule has 0 N–H and O–H groups in total. The normalized spacial score (nSPS) is 7.62. The second-order valence-electron chi connectivity index (χ2n) is 2.80. The van der Waals surface area contributed by atoms with Crippen LogP contribution in [0.3, 0.4) is 0 Å². The minimum Gasteiger partial charge on any atom is -0.106 e. The van der Waals surface area contributed by atoms with Crippen LogP contribution in [0.2, 0.25) is 0 Å². The van der Waals surface area contributed by atoms with Gasteiger partial charge in [0.25, 0.3) is 0 Å². The van der Waals surface area contributed by atoms with Gasteiger partial charge < -0.3 is 0 Å². The van der Waals surface area contributed by atoms with E-state index in [0.717, 1.165) is 6.42 Å². The zero-order valence-corrected chi connectivity index (χ0v) is 8.80. The van der Waals surface area contributed by atoms with E-state index in [9.17, 15) is 0 Å². The van der Waals surface area contributed by atoms with Crippen molar-refractivity contribution in [2.45, 2.75) is 33.6 Å². The van der Waals surface area contributed by atoms with Crippen molar-refractivity contribution < 1.29 is 0 Å². The Morgan fingerprint density at radius 3 is 2.08 bits per heavy atom. The zero-order valence-electron chi connectivity index (χ0n) is 8.80. The molecule has 13 heavy (non-hydrogen) atoms. The Morgan fingerprint density at radius 1 is 1.08 bits per heavy atom. The van der Waals surface area contributed by atoms with E-state index in [1.165, 1.54) is 12.0 Å². The van der Waals surface area contributed by atoms with Gasteiger partial charge in [0.05, 0.1) is 0 Å². The maximum atomic E-state index is 3.01. The molecular formula is C13H18. The molecule has 0 atom stereocenters. The van der Waals surface area contributed by atoms with Crippen molar-refractivity contribution in [2.75, 3.05) is 0 Å². The summed E-state index contributed by atoms with van der Waals surface area (Å²) in [5.41, 5.74) is 1.29. The van der Waals surface area contributed by atoms with Gasteiger partial charge in [-0.1, -0.05) is 56.5 Å². The summed E-state index contributed by atoms with van der Waals surface area (Å²) in [6.45, 7) is 6.11. The van der Waals surface area contributed by atoms with E-state index in [1.807, 2.05) is 25.1 Å². The molecule has 1 rings (SSSR count). The van der Waals surface area contributed by atoms with Crippen molar-refractivity contribution in [1.82, 2.24) is 0 Å². The van der Waals surface area contributed by atoms with Crippen molar-refractivity contribution >= 4 is 0 Å². The number of benzene rings is 1. The molecule has 0 saturated carbocycles. The molecule has 0 aliphatic rings. The van der Waals surface area contributed by atoms with E-state index in [4.69, 9.17) is 0 Å². The molecule has 1 aromatic rings. The van der Waals surface area contributed by atoms with Crippen LogP contribution >= 0.6 is 0 Å². The first-order chi connectivity index (χ1) is 6.35. The maximum absolute atomic E-state index is 3.01. The SMILES string of the molecule is CC#CCc1ccccc1.CCC. The zero-order chi connectivity index (χ0) is 9.94. The van der Waals surface area contributed by atoms with E-state index < -0.39 is 0 Å². The van der Waals surface area contributed by atoms with Gasteiger partial charge in [-0.25, -0.2) is 0 Å². The lowest BCUT2D eigenvalue weighted by atomic mass is 10.2. The van der Waals surface area contributed by atoms with Crippen LogP contribution in [-0.2, 0) is 6.42 Å². The lowest BCUT2D eigenvalue weighted by Gasteiger charge is -1.90. The lowest BCUT2D eigenvalue weighted by Crippen LogP contribution is -1.77. The summed E-state index contributed by atoms with van der Waals surface area (Å²) >= 11 is 0. The first-order valence-electron chi connectivity index (χ1n) is 4.78. The molecular weight excluding hydrogens is 156 g/mol. The summed E-state index contributed by atoms with van der Waals surface area (Å²) < 4.78 is 0. The summed E-state index contributed by atoms with van der Waals surface area (Å²) in [5, 5.41) is 0. The molecule has 0 heterocycles. The molecule has 0 nitrogen and oxygen atoms in total. The van der Waals surface area contributed by atoms with Gasteiger partial charge >= 0.3 is 0 Å². The third-order valence-corrected chi connectivity index (χ3v) is 1.31. The van der Waals surface area contributed by atoms with Crippen LogP contribution in [0.15, 0.2) is 30.3 Å². The predicted octanol–water partition coefficient (Wildman–Crippen LogP) is 3.67. The van der Waals surface area contributed by atoms with Gasteiger partial charge in [0.15, 0.2) is 0 Å². The van der Waals surface area contributed by atoms with E-state index in [2.05, 4.69) is 37.8 Å². The summed E-state index contributed by atoms with van der Waals surface area (Å²) in [7, 11) is 0. The molecule has 70 valence electrons. The van der Waals surface area contributed by atoms with Crippen molar-refractivity contribution in [3.05, 3.63) is 35.9 Å². The van der Waals surface area contributed by atoms with Crippen LogP contribution in [0.5, 0.6) is 0 Å². The molecule has 0 bridgehead atoms. The fourth-order valence-electron chi connectivity index (χ4n) is 0.786. The third-order valence-electron chi connectivity index (χ3n) is 1.31. The Balaban J connectivity index is 0.000000424. The second kappa shape index (κ2) is 8.87. The fraction of sp³-hybridized carbons (Fsp3) is 0.385. The minimum atomic E-state index is 0.872. The second-order valence-corrected chi connectivity index (χ2v) is 2.80. The molecule has 0 aliphatic heterocycles.